The number of halogens is 2. The van der Waals surface area contributed by atoms with Gasteiger partial charge in [0.25, 0.3) is 0 Å². The Bertz CT molecular complexity index is 1910. The highest BCUT2D eigenvalue weighted by molar-refractivity contribution is 6.02. The average molecular weight is 616 g/mol. The molecule has 12 heteroatoms. The fourth-order valence-electron chi connectivity index (χ4n) is 6.58. The molecule has 2 atom stereocenters. The molecule has 1 fully saturated rings. The van der Waals surface area contributed by atoms with Gasteiger partial charge >= 0.3 is 5.69 Å². The van der Waals surface area contributed by atoms with Crippen molar-refractivity contribution in [2.24, 2.45) is 0 Å². The number of aromatic nitrogens is 4. The number of carbonyl (C=O) groups excluding carboxylic acids is 1. The summed E-state index contributed by atoms with van der Waals surface area (Å²) in [5.41, 5.74) is 0.433. The van der Waals surface area contributed by atoms with E-state index in [1.165, 1.54) is 22.8 Å². The summed E-state index contributed by atoms with van der Waals surface area (Å²) in [7, 11) is 1.71. The number of pyridine rings is 2. The molecule has 10 nitrogen and oxygen atoms in total. The maximum atomic E-state index is 16.9. The van der Waals surface area contributed by atoms with Gasteiger partial charge in [-0.3, -0.25) is 9.78 Å². The van der Waals surface area contributed by atoms with Crippen LogP contribution in [0.25, 0.3) is 28.0 Å². The summed E-state index contributed by atoms with van der Waals surface area (Å²) in [6.07, 6.45) is 3.46. The van der Waals surface area contributed by atoms with Crippen LogP contribution in [0.1, 0.15) is 44.4 Å². The van der Waals surface area contributed by atoms with Gasteiger partial charge in [0.2, 0.25) is 5.91 Å². The number of benzene rings is 1. The SMILES string of the molecule is C=CC(=O)N1CC2CCN(C)c3c(F)c(-c4c(O)cccc4F)nc4c3c(nc(=O)n4-c3c(C)ccnc3C(C)C)N2CC1C. The summed E-state index contributed by atoms with van der Waals surface area (Å²) >= 11 is 0. The summed E-state index contributed by atoms with van der Waals surface area (Å²) in [4.78, 5) is 46.2. The standard InChI is InChI=1S/C33H35F2N7O3/c1-7-23(44)40-16-20-12-14-39(6)30-25-31(41(20)15-19(40)5)38-33(45)42(29-18(4)11-13-36-27(29)17(2)3)32(25)37-28(26(30)35)24-21(34)9-8-10-22(24)43/h7-11,13,17,19-20,43H,1,12,14-16H2,2-6H3. The van der Waals surface area contributed by atoms with Crippen molar-refractivity contribution in [2.45, 2.75) is 52.1 Å². The summed E-state index contributed by atoms with van der Waals surface area (Å²) in [5.74, 6) is -2.25. The van der Waals surface area contributed by atoms with Gasteiger partial charge in [0.05, 0.1) is 28.0 Å². The number of phenols is 1. The Balaban J connectivity index is 1.76. The van der Waals surface area contributed by atoms with Gasteiger partial charge in [-0.15, -0.1) is 0 Å². The molecule has 234 valence electrons. The second-order valence-corrected chi connectivity index (χ2v) is 12.1. The number of phenolic OH excluding ortho intramolecular Hbond substituents is 1. The number of aryl methyl sites for hydroxylation is 1. The molecule has 0 saturated carbocycles. The van der Waals surface area contributed by atoms with Gasteiger partial charge in [-0.05, 0) is 56.0 Å². The van der Waals surface area contributed by atoms with E-state index < -0.39 is 34.3 Å². The lowest BCUT2D eigenvalue weighted by molar-refractivity contribution is -0.128. The maximum absolute atomic E-state index is 16.9. The van der Waals surface area contributed by atoms with Crippen LogP contribution in [-0.4, -0.2) is 74.2 Å². The van der Waals surface area contributed by atoms with E-state index in [0.29, 0.717) is 37.4 Å². The van der Waals surface area contributed by atoms with Crippen LogP contribution >= 0.6 is 0 Å². The topological polar surface area (TPSA) is 108 Å². The van der Waals surface area contributed by atoms with Crippen molar-refractivity contribution in [3.05, 3.63) is 76.5 Å². The molecule has 4 aromatic rings. The number of hydrogen-bond acceptors (Lipinski definition) is 8. The average Bonchev–Trinajstić information content (AvgIpc) is 2.99. The van der Waals surface area contributed by atoms with E-state index in [4.69, 9.17) is 0 Å². The van der Waals surface area contributed by atoms with E-state index in [2.05, 4.69) is 21.5 Å². The van der Waals surface area contributed by atoms with E-state index in [0.717, 1.165) is 11.6 Å². The molecular weight excluding hydrogens is 580 g/mol. The van der Waals surface area contributed by atoms with Crippen LogP contribution in [0.15, 0.2) is 47.9 Å². The van der Waals surface area contributed by atoms with Gasteiger partial charge in [-0.2, -0.15) is 4.98 Å². The molecule has 1 N–H and O–H groups in total. The second-order valence-electron chi connectivity index (χ2n) is 12.1. The van der Waals surface area contributed by atoms with Crippen LogP contribution in [0.5, 0.6) is 5.75 Å². The van der Waals surface area contributed by atoms with Gasteiger partial charge in [0.15, 0.2) is 11.5 Å². The lowest BCUT2D eigenvalue weighted by atomic mass is 9.99. The number of aromatic hydroxyl groups is 1. The summed E-state index contributed by atoms with van der Waals surface area (Å²) in [6, 6.07) is 4.98. The largest absolute Gasteiger partial charge is 0.507 e. The molecule has 45 heavy (non-hydrogen) atoms. The lowest BCUT2D eigenvalue weighted by Gasteiger charge is -2.47. The molecule has 2 aliphatic heterocycles. The fourth-order valence-corrected chi connectivity index (χ4v) is 6.58. The van der Waals surface area contributed by atoms with Crippen molar-refractivity contribution in [3.63, 3.8) is 0 Å². The fraction of sp³-hybridized carbons (Fsp3) is 0.364. The van der Waals surface area contributed by atoms with Gasteiger partial charge in [-0.1, -0.05) is 26.5 Å². The molecule has 2 unspecified atom stereocenters. The first-order valence-corrected chi connectivity index (χ1v) is 14.9. The molecule has 3 aromatic heterocycles. The van der Waals surface area contributed by atoms with Crippen LogP contribution in [0, 0.1) is 18.6 Å². The van der Waals surface area contributed by atoms with E-state index in [1.807, 2.05) is 32.6 Å². The summed E-state index contributed by atoms with van der Waals surface area (Å²) in [6.45, 7) is 12.3. The molecule has 0 bridgehead atoms. The quantitative estimate of drug-likeness (QED) is 0.330. The van der Waals surface area contributed by atoms with E-state index >= 15 is 8.78 Å². The highest BCUT2D eigenvalue weighted by Crippen LogP contribution is 2.44. The number of piperazine rings is 1. The third kappa shape index (κ3) is 4.79. The molecule has 0 spiro atoms. The molecule has 6 rings (SSSR count). The molecule has 0 aliphatic carbocycles. The number of anilines is 2. The minimum atomic E-state index is -0.859. The predicted octanol–water partition coefficient (Wildman–Crippen LogP) is 4.69. The van der Waals surface area contributed by atoms with Crippen molar-refractivity contribution in [3.8, 4) is 22.7 Å². The predicted molar refractivity (Wildman–Crippen MR) is 169 cm³/mol. The van der Waals surface area contributed by atoms with Crippen molar-refractivity contribution in [2.75, 3.05) is 36.5 Å². The van der Waals surface area contributed by atoms with Gasteiger partial charge in [-0.25, -0.2) is 23.1 Å². The Morgan fingerprint density at radius 2 is 1.91 bits per heavy atom. The van der Waals surface area contributed by atoms with Crippen molar-refractivity contribution in [1.82, 2.24) is 24.4 Å². The number of hydrogen-bond donors (Lipinski definition) is 1. The first kappa shape index (κ1) is 30.2. The molecule has 1 saturated heterocycles. The molecule has 1 aromatic carbocycles. The Labute approximate surface area is 259 Å². The summed E-state index contributed by atoms with van der Waals surface area (Å²) in [5, 5.41) is 11.0. The minimum Gasteiger partial charge on any atom is -0.507 e. The molecule has 0 radical (unpaired) electrons. The Morgan fingerprint density at radius 3 is 2.60 bits per heavy atom. The molecule has 1 amide bonds. The highest BCUT2D eigenvalue weighted by Gasteiger charge is 2.39. The molecule has 5 heterocycles. The van der Waals surface area contributed by atoms with Crippen molar-refractivity contribution >= 4 is 28.4 Å². The normalized spacial score (nSPS) is 18.2. The van der Waals surface area contributed by atoms with Crippen LogP contribution in [-0.2, 0) is 4.79 Å². The number of carbonyl (C=O) groups is 1. The first-order valence-electron chi connectivity index (χ1n) is 14.9. The number of fused-ring (bicyclic) bond motifs is 2. The van der Waals surface area contributed by atoms with Crippen LogP contribution in [0.2, 0.25) is 0 Å². The number of nitrogens with zero attached hydrogens (tertiary/aromatic N) is 7. The molecular formula is C33H35F2N7O3. The third-order valence-electron chi connectivity index (χ3n) is 8.83. The van der Waals surface area contributed by atoms with Gasteiger partial charge in [0.1, 0.15) is 23.1 Å². The lowest BCUT2D eigenvalue weighted by Crippen LogP contribution is -2.60. The second kappa shape index (κ2) is 11.2. The number of amides is 1. The van der Waals surface area contributed by atoms with Crippen molar-refractivity contribution in [1.29, 1.82) is 0 Å². The number of rotatable bonds is 4. The Hall–Kier alpha value is -4.87. The Morgan fingerprint density at radius 1 is 1.16 bits per heavy atom. The van der Waals surface area contributed by atoms with E-state index in [-0.39, 0.29) is 46.4 Å². The first-order chi connectivity index (χ1) is 21.4. The van der Waals surface area contributed by atoms with Gasteiger partial charge < -0.3 is 19.8 Å². The maximum Gasteiger partial charge on any atom is 0.355 e. The van der Waals surface area contributed by atoms with Gasteiger partial charge in [0, 0.05) is 45.0 Å². The van der Waals surface area contributed by atoms with Crippen molar-refractivity contribution < 1.29 is 18.7 Å². The minimum absolute atomic E-state index is 0.0572. The zero-order valence-electron chi connectivity index (χ0n) is 25.9. The zero-order valence-corrected chi connectivity index (χ0v) is 25.9. The molecule has 2 aliphatic rings. The van der Waals surface area contributed by atoms with Crippen LogP contribution in [0.4, 0.5) is 20.3 Å². The van der Waals surface area contributed by atoms with Crippen LogP contribution in [0.3, 0.4) is 0 Å². The van der Waals surface area contributed by atoms with E-state index in [1.54, 1.807) is 29.1 Å². The van der Waals surface area contributed by atoms with Crippen LogP contribution < -0.4 is 15.5 Å². The Kier molecular flexibility index (Phi) is 7.54. The smallest absolute Gasteiger partial charge is 0.355 e. The summed E-state index contributed by atoms with van der Waals surface area (Å²) < 4.78 is 33.5. The third-order valence-corrected chi connectivity index (χ3v) is 8.83. The zero-order chi connectivity index (χ0) is 32.3. The highest BCUT2D eigenvalue weighted by atomic mass is 19.1. The van der Waals surface area contributed by atoms with E-state index in [9.17, 15) is 14.7 Å². The monoisotopic (exact) mass is 615 g/mol.